The van der Waals surface area contributed by atoms with Crippen LogP contribution in [0.25, 0.3) is 0 Å². The number of benzene rings is 2. The van der Waals surface area contributed by atoms with Crippen molar-refractivity contribution in [2.45, 2.75) is 63.4 Å². The Balaban J connectivity index is 1.35. The lowest BCUT2D eigenvalue weighted by Crippen LogP contribution is -2.41. The van der Waals surface area contributed by atoms with Gasteiger partial charge in [-0.25, -0.2) is 22.3 Å². The Morgan fingerprint density at radius 3 is 2.44 bits per heavy atom. The quantitative estimate of drug-likeness (QED) is 0.436. The van der Waals surface area contributed by atoms with E-state index in [1.807, 2.05) is 20.8 Å². The van der Waals surface area contributed by atoms with Gasteiger partial charge in [0, 0.05) is 25.0 Å². The standard InChI is InChI=1S/C28H37FN4O5S/c1-18(2)17-38-28(35)33-15-14-30-25-13-12-24(16-26(25)33)39(36,37)32-23-10-6-21(7-11-23)27(34)31-19(3)20-4-8-22(29)9-5-20/h4-5,8-9,12-13,16,18-19,21,23,30,32H,6-7,10-11,14-15,17H2,1-3H3,(H,31,34)/t19-,21?,23?/m1/s1. The Bertz CT molecular complexity index is 1280. The topological polar surface area (TPSA) is 117 Å². The van der Waals surface area contributed by atoms with Crippen LogP contribution < -0.4 is 20.3 Å². The third kappa shape index (κ3) is 7.27. The summed E-state index contributed by atoms with van der Waals surface area (Å²) in [5.74, 6) is -0.438. The highest BCUT2D eigenvalue weighted by Crippen LogP contribution is 2.33. The largest absolute Gasteiger partial charge is 0.449 e. The van der Waals surface area contributed by atoms with Crippen molar-refractivity contribution in [3.05, 3.63) is 53.8 Å². The highest BCUT2D eigenvalue weighted by Gasteiger charge is 2.31. The molecule has 2 aliphatic rings. The summed E-state index contributed by atoms with van der Waals surface area (Å²) >= 11 is 0. The first kappa shape index (κ1) is 28.8. The van der Waals surface area contributed by atoms with E-state index in [1.165, 1.54) is 29.2 Å². The molecule has 0 radical (unpaired) electrons. The van der Waals surface area contributed by atoms with Gasteiger partial charge in [0.05, 0.1) is 28.9 Å². The second kappa shape index (κ2) is 12.3. The smallest absolute Gasteiger partial charge is 0.414 e. The number of halogens is 1. The van der Waals surface area contributed by atoms with Gasteiger partial charge in [0.2, 0.25) is 15.9 Å². The number of nitrogens with zero attached hydrogens (tertiary/aromatic N) is 1. The zero-order valence-electron chi connectivity index (χ0n) is 22.6. The van der Waals surface area contributed by atoms with E-state index in [2.05, 4.69) is 15.4 Å². The van der Waals surface area contributed by atoms with Gasteiger partial charge < -0.3 is 15.4 Å². The highest BCUT2D eigenvalue weighted by atomic mass is 32.2. The summed E-state index contributed by atoms with van der Waals surface area (Å²) < 4.78 is 47.8. The first-order chi connectivity index (χ1) is 18.5. The van der Waals surface area contributed by atoms with Crippen molar-refractivity contribution in [1.29, 1.82) is 0 Å². The van der Waals surface area contributed by atoms with Gasteiger partial charge in [-0.05, 0) is 74.4 Å². The lowest BCUT2D eigenvalue weighted by molar-refractivity contribution is -0.126. The number of anilines is 2. The summed E-state index contributed by atoms with van der Waals surface area (Å²) in [5.41, 5.74) is 1.95. The van der Waals surface area contributed by atoms with Crippen LogP contribution in [0.2, 0.25) is 0 Å². The number of carbonyl (C=O) groups is 2. The van der Waals surface area contributed by atoms with Crippen molar-refractivity contribution < 1.29 is 27.1 Å². The molecule has 1 aliphatic carbocycles. The summed E-state index contributed by atoms with van der Waals surface area (Å²) in [4.78, 5) is 27.0. The minimum atomic E-state index is -3.85. The molecular formula is C28H37FN4O5S. The lowest BCUT2D eigenvalue weighted by Gasteiger charge is -2.31. The van der Waals surface area contributed by atoms with Crippen molar-refractivity contribution in [2.24, 2.45) is 11.8 Å². The Hall–Kier alpha value is -3.18. The molecule has 1 atom stereocenters. The number of hydrogen-bond donors (Lipinski definition) is 3. The average Bonchev–Trinajstić information content (AvgIpc) is 2.91. The molecule has 1 fully saturated rings. The fraction of sp³-hybridized carbons (Fsp3) is 0.500. The Kier molecular flexibility index (Phi) is 9.12. The maximum Gasteiger partial charge on any atom is 0.414 e. The van der Waals surface area contributed by atoms with Gasteiger partial charge in [0.1, 0.15) is 5.82 Å². The fourth-order valence-electron chi connectivity index (χ4n) is 4.91. The number of hydrogen-bond acceptors (Lipinski definition) is 6. The molecule has 0 unspecified atom stereocenters. The summed E-state index contributed by atoms with van der Waals surface area (Å²) in [7, 11) is -3.85. The second-order valence-corrected chi connectivity index (χ2v) is 12.4. The molecule has 0 saturated heterocycles. The number of carbonyl (C=O) groups excluding carboxylic acids is 2. The van der Waals surface area contributed by atoms with E-state index < -0.39 is 16.1 Å². The van der Waals surface area contributed by atoms with Crippen molar-refractivity contribution in [3.63, 3.8) is 0 Å². The minimum absolute atomic E-state index is 0.0691. The highest BCUT2D eigenvalue weighted by molar-refractivity contribution is 7.89. The van der Waals surface area contributed by atoms with E-state index in [-0.39, 0.29) is 47.1 Å². The summed E-state index contributed by atoms with van der Waals surface area (Å²) in [6, 6.07) is 10.2. The lowest BCUT2D eigenvalue weighted by atomic mass is 9.85. The molecule has 1 saturated carbocycles. The van der Waals surface area contributed by atoms with Crippen molar-refractivity contribution in [2.75, 3.05) is 29.9 Å². The van der Waals surface area contributed by atoms with Crippen molar-refractivity contribution in [1.82, 2.24) is 10.0 Å². The van der Waals surface area contributed by atoms with E-state index in [0.717, 1.165) is 5.56 Å². The van der Waals surface area contributed by atoms with Gasteiger partial charge in [0.15, 0.2) is 0 Å². The van der Waals surface area contributed by atoms with Crippen LogP contribution in [0.5, 0.6) is 0 Å². The summed E-state index contributed by atoms with van der Waals surface area (Å²) in [5, 5.41) is 6.18. The molecule has 0 aromatic heterocycles. The van der Waals surface area contributed by atoms with Crippen molar-refractivity contribution in [3.8, 4) is 0 Å². The van der Waals surface area contributed by atoms with Crippen molar-refractivity contribution >= 4 is 33.4 Å². The molecule has 2 aromatic carbocycles. The van der Waals surface area contributed by atoms with Crippen LogP contribution in [0.4, 0.5) is 20.6 Å². The molecule has 0 spiro atoms. The van der Waals surface area contributed by atoms with Crippen LogP contribution >= 0.6 is 0 Å². The Morgan fingerprint density at radius 2 is 1.77 bits per heavy atom. The minimum Gasteiger partial charge on any atom is -0.449 e. The third-order valence-corrected chi connectivity index (χ3v) is 8.65. The van der Waals surface area contributed by atoms with Crippen LogP contribution in [0.1, 0.15) is 58.1 Å². The number of rotatable bonds is 8. The number of amides is 2. The van der Waals surface area contributed by atoms with Gasteiger partial charge >= 0.3 is 6.09 Å². The summed E-state index contributed by atoms with van der Waals surface area (Å²) in [6.07, 6.45) is 1.67. The first-order valence-electron chi connectivity index (χ1n) is 13.4. The molecule has 2 aromatic rings. The SMILES string of the molecule is CC(C)COC(=O)N1CCNc2ccc(S(=O)(=O)NC3CCC(C(=O)N[C@H](C)c4ccc(F)cc4)CC3)cc21. The molecule has 11 heteroatoms. The van der Waals surface area contributed by atoms with E-state index >= 15 is 0 Å². The first-order valence-corrected chi connectivity index (χ1v) is 14.9. The molecule has 3 N–H and O–H groups in total. The number of ether oxygens (including phenoxy) is 1. The molecule has 1 heterocycles. The zero-order valence-corrected chi connectivity index (χ0v) is 23.4. The molecule has 2 amide bonds. The number of sulfonamides is 1. The van der Waals surface area contributed by atoms with Gasteiger partial charge in [-0.15, -0.1) is 0 Å². The van der Waals surface area contributed by atoms with Crippen LogP contribution in [0.3, 0.4) is 0 Å². The number of nitrogens with one attached hydrogen (secondary N) is 3. The monoisotopic (exact) mass is 560 g/mol. The Labute approximate surface area is 229 Å². The van der Waals surface area contributed by atoms with E-state index in [9.17, 15) is 22.4 Å². The average molecular weight is 561 g/mol. The fourth-order valence-corrected chi connectivity index (χ4v) is 6.23. The van der Waals surface area contributed by atoms with Gasteiger partial charge in [0.25, 0.3) is 0 Å². The van der Waals surface area contributed by atoms with Crippen LogP contribution in [-0.2, 0) is 19.6 Å². The predicted octanol–water partition coefficient (Wildman–Crippen LogP) is 4.56. The molecule has 9 nitrogen and oxygen atoms in total. The second-order valence-electron chi connectivity index (χ2n) is 10.7. The van der Waals surface area contributed by atoms with E-state index in [1.54, 1.807) is 18.2 Å². The molecule has 1 aliphatic heterocycles. The number of fused-ring (bicyclic) bond motifs is 1. The van der Waals surface area contributed by atoms with Gasteiger partial charge in [-0.1, -0.05) is 26.0 Å². The maximum atomic E-state index is 13.2. The molecule has 212 valence electrons. The molecule has 4 rings (SSSR count). The molecular weight excluding hydrogens is 523 g/mol. The Morgan fingerprint density at radius 1 is 1.08 bits per heavy atom. The van der Waals surface area contributed by atoms with Crippen LogP contribution in [0.15, 0.2) is 47.4 Å². The predicted molar refractivity (Wildman–Crippen MR) is 147 cm³/mol. The normalized spacial score (nSPS) is 20.1. The third-order valence-electron chi connectivity index (χ3n) is 7.13. The molecule has 0 bridgehead atoms. The van der Waals surface area contributed by atoms with Crippen LogP contribution in [0, 0.1) is 17.7 Å². The van der Waals surface area contributed by atoms with Gasteiger partial charge in [-0.3, -0.25) is 9.69 Å². The molecule has 39 heavy (non-hydrogen) atoms. The van der Waals surface area contributed by atoms with Gasteiger partial charge in [-0.2, -0.15) is 0 Å². The van der Waals surface area contributed by atoms with Crippen LogP contribution in [-0.4, -0.2) is 46.2 Å². The van der Waals surface area contributed by atoms with E-state index in [0.29, 0.717) is 50.1 Å². The van der Waals surface area contributed by atoms with E-state index in [4.69, 9.17) is 4.74 Å². The zero-order chi connectivity index (χ0) is 28.2. The summed E-state index contributed by atoms with van der Waals surface area (Å²) in [6.45, 7) is 6.93. The maximum absolute atomic E-state index is 13.2.